The van der Waals surface area contributed by atoms with E-state index in [1.165, 1.54) is 35.7 Å². The number of azo groups is 1. The molecule has 0 N–H and O–H groups in total. The van der Waals surface area contributed by atoms with E-state index in [0.29, 0.717) is 11.4 Å². The Morgan fingerprint density at radius 1 is 1.20 bits per heavy atom. The van der Waals surface area contributed by atoms with Crippen LogP contribution in [0.2, 0.25) is 0 Å². The first-order chi connectivity index (χ1) is 12.2. The van der Waals surface area contributed by atoms with Crippen LogP contribution in [-0.2, 0) is 19.4 Å². The van der Waals surface area contributed by atoms with E-state index in [0.717, 1.165) is 23.1 Å². The molecule has 4 rings (SSSR count). The van der Waals surface area contributed by atoms with E-state index in [4.69, 9.17) is 0 Å². The highest BCUT2D eigenvalue weighted by Crippen LogP contribution is 2.39. The first kappa shape index (κ1) is 15.8. The summed E-state index contributed by atoms with van der Waals surface area (Å²) in [7, 11) is 0. The van der Waals surface area contributed by atoms with Gasteiger partial charge in [-0.05, 0) is 31.2 Å². The summed E-state index contributed by atoms with van der Waals surface area (Å²) in [6.07, 6.45) is 5.99. The van der Waals surface area contributed by atoms with Gasteiger partial charge in [-0.15, -0.1) is 16.5 Å². The highest BCUT2D eigenvalue weighted by molar-refractivity contribution is 7.18. The summed E-state index contributed by atoms with van der Waals surface area (Å²) < 4.78 is 0. The minimum absolute atomic E-state index is 0.0576. The summed E-state index contributed by atoms with van der Waals surface area (Å²) in [5.74, 6) is 0.558. The summed E-state index contributed by atoms with van der Waals surface area (Å²) in [5.41, 5.74) is 1.89. The third kappa shape index (κ3) is 3.00. The van der Waals surface area contributed by atoms with Crippen molar-refractivity contribution < 1.29 is 4.92 Å². The molecule has 1 aliphatic carbocycles. The number of nitrogens with zero attached hydrogens (tertiary/aromatic N) is 5. The van der Waals surface area contributed by atoms with Gasteiger partial charge in [0, 0.05) is 10.9 Å². The zero-order valence-electron chi connectivity index (χ0n) is 13.4. The van der Waals surface area contributed by atoms with Gasteiger partial charge >= 0.3 is 0 Å². The molecule has 0 atom stereocenters. The highest BCUT2D eigenvalue weighted by Gasteiger charge is 2.19. The van der Waals surface area contributed by atoms with Gasteiger partial charge in [0.1, 0.15) is 11.2 Å². The second kappa shape index (κ2) is 6.64. The van der Waals surface area contributed by atoms with Crippen molar-refractivity contribution >= 4 is 33.1 Å². The largest absolute Gasteiger partial charge is 0.274 e. The quantitative estimate of drug-likeness (QED) is 0.384. The summed E-state index contributed by atoms with van der Waals surface area (Å²) in [6.45, 7) is 0.148. The van der Waals surface area contributed by atoms with E-state index in [-0.39, 0.29) is 12.2 Å². The zero-order chi connectivity index (χ0) is 17.2. The Morgan fingerprint density at radius 3 is 2.92 bits per heavy atom. The summed E-state index contributed by atoms with van der Waals surface area (Å²) >= 11 is 1.71. The molecule has 0 unspecified atom stereocenters. The number of para-hydroxylation sites is 1. The van der Waals surface area contributed by atoms with E-state index in [1.54, 1.807) is 29.5 Å². The van der Waals surface area contributed by atoms with Crippen LogP contribution in [0.15, 0.2) is 40.8 Å². The van der Waals surface area contributed by atoms with Crippen molar-refractivity contribution in [1.29, 1.82) is 0 Å². The molecular formula is C17H15N5O2S. The maximum Gasteiger partial charge on any atom is 0.274 e. The maximum atomic E-state index is 11.1. The molecule has 0 saturated carbocycles. The van der Waals surface area contributed by atoms with E-state index < -0.39 is 4.92 Å². The Balaban J connectivity index is 1.66. The fourth-order valence-corrected chi connectivity index (χ4v) is 4.37. The molecule has 1 aromatic carbocycles. The van der Waals surface area contributed by atoms with E-state index in [2.05, 4.69) is 20.2 Å². The number of thiophene rings is 1. The van der Waals surface area contributed by atoms with Crippen molar-refractivity contribution in [2.45, 2.75) is 32.2 Å². The fraction of sp³-hybridized carbons (Fsp3) is 0.294. The zero-order valence-corrected chi connectivity index (χ0v) is 14.2. The van der Waals surface area contributed by atoms with Gasteiger partial charge in [-0.3, -0.25) is 10.1 Å². The van der Waals surface area contributed by atoms with Crippen molar-refractivity contribution in [3.05, 3.63) is 56.7 Å². The van der Waals surface area contributed by atoms with Crippen LogP contribution in [0.1, 0.15) is 28.8 Å². The Hall–Kier alpha value is -2.74. The summed E-state index contributed by atoms with van der Waals surface area (Å²) in [6, 6.07) is 6.57. The van der Waals surface area contributed by atoms with Crippen LogP contribution >= 0.6 is 11.3 Å². The molecule has 0 amide bonds. The molecule has 126 valence electrons. The standard InChI is InChI=1S/C17H15N5O2S/c23-22(24)13-7-3-1-5-11(13)9-20-21-16-15-12-6-2-4-8-14(12)25-17(15)19-10-18-16/h1,3,5,7,10H,2,4,6,8-9H2. The van der Waals surface area contributed by atoms with Gasteiger partial charge in [-0.25, -0.2) is 9.97 Å². The number of hydrogen-bond donors (Lipinski definition) is 0. The monoisotopic (exact) mass is 353 g/mol. The third-order valence-electron chi connectivity index (χ3n) is 4.33. The number of nitro groups is 1. The lowest BCUT2D eigenvalue weighted by atomic mass is 9.97. The molecular weight excluding hydrogens is 338 g/mol. The molecule has 2 heterocycles. The normalized spacial score (nSPS) is 14.1. The van der Waals surface area contributed by atoms with Gasteiger partial charge in [-0.2, -0.15) is 5.11 Å². The SMILES string of the molecule is O=[N+]([O-])c1ccccc1CN=Nc1ncnc2sc3c(c12)CCCC3. The molecule has 8 heteroatoms. The van der Waals surface area contributed by atoms with Gasteiger partial charge in [0.25, 0.3) is 5.69 Å². The second-order valence-corrected chi connectivity index (χ2v) is 6.96. The van der Waals surface area contributed by atoms with Crippen molar-refractivity contribution in [1.82, 2.24) is 9.97 Å². The highest BCUT2D eigenvalue weighted by atomic mass is 32.1. The van der Waals surface area contributed by atoms with Gasteiger partial charge in [0.05, 0.1) is 22.4 Å². The molecule has 0 saturated heterocycles. The third-order valence-corrected chi connectivity index (χ3v) is 5.53. The number of hydrogen-bond acceptors (Lipinski definition) is 7. The number of aromatic nitrogens is 2. The lowest BCUT2D eigenvalue weighted by Gasteiger charge is -2.10. The second-order valence-electron chi connectivity index (χ2n) is 5.87. The van der Waals surface area contributed by atoms with Crippen LogP contribution in [-0.4, -0.2) is 14.9 Å². The van der Waals surface area contributed by atoms with Crippen LogP contribution in [0.25, 0.3) is 10.2 Å². The smallest absolute Gasteiger partial charge is 0.258 e. The van der Waals surface area contributed by atoms with Crippen LogP contribution in [0, 0.1) is 10.1 Å². The molecule has 0 aliphatic heterocycles. The van der Waals surface area contributed by atoms with E-state index >= 15 is 0 Å². The topological polar surface area (TPSA) is 93.6 Å². The van der Waals surface area contributed by atoms with Crippen LogP contribution in [0.3, 0.4) is 0 Å². The Kier molecular flexibility index (Phi) is 4.19. The number of rotatable bonds is 4. The molecule has 3 aromatic rings. The first-order valence-corrected chi connectivity index (χ1v) is 8.90. The average Bonchev–Trinajstić information content (AvgIpc) is 3.01. The molecule has 0 fully saturated rings. The summed E-state index contributed by atoms with van der Waals surface area (Å²) in [5, 5.41) is 20.5. The van der Waals surface area contributed by atoms with Gasteiger partial charge in [0.15, 0.2) is 5.82 Å². The van der Waals surface area contributed by atoms with Gasteiger partial charge < -0.3 is 0 Å². The molecule has 1 aliphatic rings. The first-order valence-electron chi connectivity index (χ1n) is 8.09. The fourth-order valence-electron chi connectivity index (χ4n) is 3.15. The van der Waals surface area contributed by atoms with Gasteiger partial charge in [-0.1, -0.05) is 18.2 Å². The van der Waals surface area contributed by atoms with Gasteiger partial charge in [0.2, 0.25) is 0 Å². The van der Waals surface area contributed by atoms with Crippen LogP contribution in [0.4, 0.5) is 11.5 Å². The average molecular weight is 353 g/mol. The van der Waals surface area contributed by atoms with Crippen molar-refractivity contribution in [2.75, 3.05) is 0 Å². The lowest BCUT2D eigenvalue weighted by Crippen LogP contribution is -1.98. The predicted molar refractivity (Wildman–Crippen MR) is 95.4 cm³/mol. The molecule has 25 heavy (non-hydrogen) atoms. The predicted octanol–water partition coefficient (Wildman–Crippen LogP) is 4.76. The Morgan fingerprint density at radius 2 is 2.04 bits per heavy atom. The molecule has 7 nitrogen and oxygen atoms in total. The minimum atomic E-state index is -0.400. The van der Waals surface area contributed by atoms with Crippen molar-refractivity contribution in [2.24, 2.45) is 10.2 Å². The van der Waals surface area contributed by atoms with Crippen molar-refractivity contribution in [3.63, 3.8) is 0 Å². The molecule has 2 aromatic heterocycles. The van der Waals surface area contributed by atoms with E-state index in [1.807, 2.05) is 0 Å². The van der Waals surface area contributed by atoms with E-state index in [9.17, 15) is 10.1 Å². The van der Waals surface area contributed by atoms with Crippen molar-refractivity contribution in [3.8, 4) is 0 Å². The molecule has 0 spiro atoms. The number of fused-ring (bicyclic) bond motifs is 3. The Bertz CT molecular complexity index is 982. The van der Waals surface area contributed by atoms with Crippen LogP contribution in [0.5, 0.6) is 0 Å². The number of aryl methyl sites for hydroxylation is 2. The summed E-state index contributed by atoms with van der Waals surface area (Å²) in [4.78, 5) is 21.6. The van der Waals surface area contributed by atoms with Crippen LogP contribution < -0.4 is 0 Å². The number of nitro benzene ring substituents is 1. The molecule has 0 radical (unpaired) electrons. The number of benzene rings is 1. The Labute approximate surface area is 147 Å². The minimum Gasteiger partial charge on any atom is -0.258 e. The maximum absolute atomic E-state index is 11.1. The lowest BCUT2D eigenvalue weighted by molar-refractivity contribution is -0.385. The molecule has 0 bridgehead atoms.